The van der Waals surface area contributed by atoms with E-state index in [0.717, 1.165) is 18.4 Å². The monoisotopic (exact) mass is 274 g/mol. The normalized spacial score (nSPS) is 15.6. The van der Waals surface area contributed by atoms with Crippen molar-refractivity contribution in [3.63, 3.8) is 0 Å². The van der Waals surface area contributed by atoms with Crippen molar-refractivity contribution in [1.29, 1.82) is 0 Å². The Morgan fingerprint density at radius 2 is 1.70 bits per heavy atom. The van der Waals surface area contributed by atoms with E-state index in [2.05, 4.69) is 0 Å². The first-order valence-electron chi connectivity index (χ1n) is 7.69. The highest BCUT2D eigenvalue weighted by atomic mass is 16.5. The van der Waals surface area contributed by atoms with E-state index in [9.17, 15) is 4.79 Å². The molecule has 2 nitrogen and oxygen atoms in total. The first-order chi connectivity index (χ1) is 9.74. The van der Waals surface area contributed by atoms with Crippen LogP contribution in [0.25, 0.3) is 6.08 Å². The van der Waals surface area contributed by atoms with Crippen molar-refractivity contribution in [2.45, 2.75) is 59.0 Å². The Hall–Kier alpha value is -1.57. The van der Waals surface area contributed by atoms with Gasteiger partial charge in [-0.3, -0.25) is 0 Å². The minimum absolute atomic E-state index is 0.133. The van der Waals surface area contributed by atoms with Crippen molar-refractivity contribution in [3.8, 4) is 0 Å². The van der Waals surface area contributed by atoms with E-state index in [4.69, 9.17) is 4.74 Å². The van der Waals surface area contributed by atoms with Crippen LogP contribution in [0.4, 0.5) is 0 Å². The molecular formula is C18H26O2. The van der Waals surface area contributed by atoms with E-state index in [0.29, 0.717) is 0 Å². The molecule has 2 rings (SSSR count). The molecular weight excluding hydrogens is 248 g/mol. The average molecular weight is 274 g/mol. The van der Waals surface area contributed by atoms with Crippen LogP contribution < -0.4 is 0 Å². The average Bonchev–Trinajstić information content (AvgIpc) is 2.50. The summed E-state index contributed by atoms with van der Waals surface area (Å²) in [6.07, 6.45) is 9.14. The summed E-state index contributed by atoms with van der Waals surface area (Å²) in [5.41, 5.74) is 2.25. The zero-order valence-electron chi connectivity index (χ0n) is 12.9. The highest BCUT2D eigenvalue weighted by molar-refractivity contribution is 5.87. The summed E-state index contributed by atoms with van der Waals surface area (Å²) in [7, 11) is 0. The third kappa shape index (κ3) is 6.05. The maximum Gasteiger partial charge on any atom is 0.331 e. The topological polar surface area (TPSA) is 26.3 Å². The van der Waals surface area contributed by atoms with Gasteiger partial charge in [-0.05, 0) is 44.2 Å². The smallest absolute Gasteiger partial charge is 0.331 e. The maximum absolute atomic E-state index is 11.6. The van der Waals surface area contributed by atoms with Crippen molar-refractivity contribution in [2.24, 2.45) is 0 Å². The SMILES string of the molecule is CC.Cc1ccc(/C=C/C(=O)OC2CCCCC2)cc1. The van der Waals surface area contributed by atoms with Gasteiger partial charge in [0.25, 0.3) is 0 Å². The molecule has 1 aromatic rings. The standard InChI is InChI=1S/C16H20O2.C2H6/c1-13-7-9-14(10-8-13)11-12-16(17)18-15-5-3-2-4-6-15;1-2/h7-12,15H,2-6H2,1H3;1-2H3/b12-11+;. The largest absolute Gasteiger partial charge is 0.459 e. The summed E-state index contributed by atoms with van der Waals surface area (Å²) in [5.74, 6) is -0.220. The number of ether oxygens (including phenoxy) is 1. The Kier molecular flexibility index (Phi) is 7.71. The molecule has 0 aliphatic heterocycles. The number of carbonyl (C=O) groups is 1. The molecule has 0 atom stereocenters. The summed E-state index contributed by atoms with van der Waals surface area (Å²) < 4.78 is 5.41. The number of esters is 1. The molecule has 1 aliphatic carbocycles. The van der Waals surface area contributed by atoms with E-state index >= 15 is 0 Å². The summed E-state index contributed by atoms with van der Waals surface area (Å²) in [5, 5.41) is 0. The highest BCUT2D eigenvalue weighted by Crippen LogP contribution is 2.20. The van der Waals surface area contributed by atoms with Gasteiger partial charge in [0.15, 0.2) is 0 Å². The van der Waals surface area contributed by atoms with Gasteiger partial charge >= 0.3 is 5.97 Å². The molecule has 1 aromatic carbocycles. The van der Waals surface area contributed by atoms with E-state index < -0.39 is 0 Å². The summed E-state index contributed by atoms with van der Waals surface area (Å²) in [4.78, 5) is 11.6. The van der Waals surface area contributed by atoms with Crippen molar-refractivity contribution < 1.29 is 9.53 Å². The molecule has 2 heteroatoms. The van der Waals surface area contributed by atoms with Gasteiger partial charge in [-0.1, -0.05) is 50.1 Å². The lowest BCUT2D eigenvalue weighted by Gasteiger charge is -2.20. The summed E-state index contributed by atoms with van der Waals surface area (Å²) in [6.45, 7) is 6.05. The molecule has 0 unspecified atom stereocenters. The predicted molar refractivity (Wildman–Crippen MR) is 84.5 cm³/mol. The lowest BCUT2D eigenvalue weighted by molar-refractivity contribution is -0.144. The van der Waals surface area contributed by atoms with Crippen LogP contribution in [0.1, 0.15) is 57.1 Å². The molecule has 0 N–H and O–H groups in total. The van der Waals surface area contributed by atoms with Crippen molar-refractivity contribution in [1.82, 2.24) is 0 Å². The highest BCUT2D eigenvalue weighted by Gasteiger charge is 2.16. The molecule has 0 spiro atoms. The Morgan fingerprint density at radius 1 is 1.10 bits per heavy atom. The predicted octanol–water partition coefficient (Wildman–Crippen LogP) is 4.91. The van der Waals surface area contributed by atoms with Gasteiger partial charge < -0.3 is 4.74 Å². The Balaban J connectivity index is 0.000000956. The van der Waals surface area contributed by atoms with Crippen molar-refractivity contribution in [2.75, 3.05) is 0 Å². The van der Waals surface area contributed by atoms with E-state index in [1.807, 2.05) is 51.1 Å². The lowest BCUT2D eigenvalue weighted by atomic mass is 9.98. The van der Waals surface area contributed by atoms with Crippen LogP contribution in [0.5, 0.6) is 0 Å². The van der Waals surface area contributed by atoms with Gasteiger partial charge in [-0.2, -0.15) is 0 Å². The quantitative estimate of drug-likeness (QED) is 0.578. The molecule has 1 saturated carbocycles. The van der Waals surface area contributed by atoms with Gasteiger partial charge in [0.05, 0.1) is 0 Å². The second kappa shape index (κ2) is 9.35. The zero-order valence-corrected chi connectivity index (χ0v) is 12.9. The van der Waals surface area contributed by atoms with Crippen LogP contribution in [0.2, 0.25) is 0 Å². The number of aryl methyl sites for hydroxylation is 1. The maximum atomic E-state index is 11.6. The second-order valence-electron chi connectivity index (χ2n) is 4.94. The fourth-order valence-corrected chi connectivity index (χ4v) is 2.23. The molecule has 0 heterocycles. The first kappa shape index (κ1) is 16.5. The van der Waals surface area contributed by atoms with Crippen molar-refractivity contribution >= 4 is 12.0 Å². The number of benzene rings is 1. The van der Waals surface area contributed by atoms with Gasteiger partial charge in [0, 0.05) is 6.08 Å². The summed E-state index contributed by atoms with van der Waals surface area (Å²) >= 11 is 0. The zero-order chi connectivity index (χ0) is 14.8. The third-order valence-electron chi connectivity index (χ3n) is 3.32. The van der Waals surface area contributed by atoms with Gasteiger partial charge in [-0.15, -0.1) is 0 Å². The van der Waals surface area contributed by atoms with Crippen LogP contribution >= 0.6 is 0 Å². The molecule has 0 amide bonds. The summed E-state index contributed by atoms with van der Waals surface area (Å²) in [6, 6.07) is 8.07. The molecule has 0 bridgehead atoms. The molecule has 0 radical (unpaired) electrons. The minimum Gasteiger partial charge on any atom is -0.459 e. The Morgan fingerprint density at radius 3 is 2.30 bits per heavy atom. The first-order valence-corrected chi connectivity index (χ1v) is 7.69. The van der Waals surface area contributed by atoms with Crippen LogP contribution in [0.15, 0.2) is 30.3 Å². The van der Waals surface area contributed by atoms with E-state index in [1.54, 1.807) is 0 Å². The third-order valence-corrected chi connectivity index (χ3v) is 3.32. The fourth-order valence-electron chi connectivity index (χ4n) is 2.23. The van der Waals surface area contributed by atoms with Crippen molar-refractivity contribution in [3.05, 3.63) is 41.5 Å². The van der Waals surface area contributed by atoms with Crippen LogP contribution in [-0.2, 0) is 9.53 Å². The number of carbonyl (C=O) groups excluding carboxylic acids is 1. The fraction of sp³-hybridized carbons (Fsp3) is 0.500. The van der Waals surface area contributed by atoms with Gasteiger partial charge in [0.2, 0.25) is 0 Å². The Bertz CT molecular complexity index is 412. The molecule has 20 heavy (non-hydrogen) atoms. The Labute approximate surface area is 122 Å². The van der Waals surface area contributed by atoms with Gasteiger partial charge in [-0.25, -0.2) is 4.79 Å². The second-order valence-corrected chi connectivity index (χ2v) is 4.94. The van der Waals surface area contributed by atoms with E-state index in [-0.39, 0.29) is 12.1 Å². The molecule has 0 saturated heterocycles. The van der Waals surface area contributed by atoms with Crippen LogP contribution in [-0.4, -0.2) is 12.1 Å². The van der Waals surface area contributed by atoms with E-state index in [1.165, 1.54) is 30.9 Å². The molecule has 1 aliphatic rings. The van der Waals surface area contributed by atoms with Gasteiger partial charge in [0.1, 0.15) is 6.10 Å². The molecule has 0 aromatic heterocycles. The lowest BCUT2D eigenvalue weighted by Crippen LogP contribution is -2.19. The number of hydrogen-bond acceptors (Lipinski definition) is 2. The van der Waals surface area contributed by atoms with Crippen LogP contribution in [0, 0.1) is 6.92 Å². The minimum atomic E-state index is -0.220. The molecule has 110 valence electrons. The van der Waals surface area contributed by atoms with Crippen LogP contribution in [0.3, 0.4) is 0 Å². The number of hydrogen-bond donors (Lipinski definition) is 0. The molecule has 1 fully saturated rings. The number of rotatable bonds is 3.